The van der Waals surface area contributed by atoms with Crippen molar-refractivity contribution in [3.63, 3.8) is 0 Å². The summed E-state index contributed by atoms with van der Waals surface area (Å²) in [6.07, 6.45) is 51.4. The van der Waals surface area contributed by atoms with Crippen molar-refractivity contribution in [3.05, 3.63) is 0 Å². The van der Waals surface area contributed by atoms with E-state index in [1.807, 2.05) is 0 Å². The highest BCUT2D eigenvalue weighted by atomic mass is 31.2. The molecular formula is C73H142O17P2. The van der Waals surface area contributed by atoms with Gasteiger partial charge in [-0.25, -0.2) is 9.13 Å². The van der Waals surface area contributed by atoms with Gasteiger partial charge in [0.15, 0.2) is 12.2 Å². The highest BCUT2D eigenvalue weighted by molar-refractivity contribution is 7.47. The molecule has 0 aromatic heterocycles. The lowest BCUT2D eigenvalue weighted by atomic mass is 10.00. The van der Waals surface area contributed by atoms with E-state index in [0.717, 1.165) is 108 Å². The van der Waals surface area contributed by atoms with Gasteiger partial charge in [-0.2, -0.15) is 0 Å². The summed E-state index contributed by atoms with van der Waals surface area (Å²) in [5.41, 5.74) is 0. The minimum absolute atomic E-state index is 0.102. The average Bonchev–Trinajstić information content (AvgIpc) is 3.56. The van der Waals surface area contributed by atoms with E-state index in [-0.39, 0.29) is 25.7 Å². The number of phosphoric acid groups is 2. The van der Waals surface area contributed by atoms with Crippen molar-refractivity contribution in [1.29, 1.82) is 0 Å². The molecule has 0 rings (SSSR count). The van der Waals surface area contributed by atoms with Crippen LogP contribution in [0.2, 0.25) is 0 Å². The largest absolute Gasteiger partial charge is 0.472 e. The lowest BCUT2D eigenvalue weighted by Gasteiger charge is -2.21. The first kappa shape index (κ1) is 90.1. The van der Waals surface area contributed by atoms with E-state index in [1.54, 1.807) is 0 Å². The normalized spacial score (nSPS) is 14.7. The zero-order chi connectivity index (χ0) is 67.9. The lowest BCUT2D eigenvalue weighted by Crippen LogP contribution is -2.30. The fourth-order valence-corrected chi connectivity index (χ4v) is 12.6. The summed E-state index contributed by atoms with van der Waals surface area (Å²) < 4.78 is 68.4. The fraction of sp³-hybridized carbons (Fsp3) is 0.945. The van der Waals surface area contributed by atoms with Crippen molar-refractivity contribution in [1.82, 2.24) is 0 Å². The molecule has 0 aromatic carbocycles. The van der Waals surface area contributed by atoms with E-state index < -0.39 is 97.5 Å². The standard InChI is InChI=1S/C73H142O17P2/c1-7-11-13-15-17-19-21-23-25-26-28-30-32-34-36-45-51-57-72(77)89-68(61-83-70(75)55-49-43-35-33-31-29-27-24-22-20-18-16-14-12-8-2)63-87-91(79,80)85-59-67(74)60-86-92(81,82)88-64-69(90-73(78)58-52-46-40-38-42-48-54-66(6)10-4)62-84-71(76)56-50-44-39-37-41-47-53-65(5)9-3/h65-69,74H,7-64H2,1-6H3,(H,79,80)(H,81,82)/t65?,66?,67-,68-,69-/m1/s1. The quantitative estimate of drug-likeness (QED) is 0.0222. The number of esters is 4. The molecule has 0 aliphatic heterocycles. The smallest absolute Gasteiger partial charge is 0.462 e. The Labute approximate surface area is 562 Å². The molecule has 0 fully saturated rings. The van der Waals surface area contributed by atoms with Crippen LogP contribution in [0.15, 0.2) is 0 Å². The summed E-state index contributed by atoms with van der Waals surface area (Å²) in [4.78, 5) is 72.6. The van der Waals surface area contributed by atoms with Crippen LogP contribution in [0.5, 0.6) is 0 Å². The SMILES string of the molecule is CCCCCCCCCCCCCCCCCCCC(=O)O[C@H](COC(=O)CCCCCCCCCCCCCCCCC)COP(=O)(O)OC[C@@H](O)COP(=O)(O)OC[C@@H](COC(=O)CCCCCCCCC(C)CC)OC(=O)CCCCCCCCC(C)CC. The highest BCUT2D eigenvalue weighted by Gasteiger charge is 2.30. The Morgan fingerprint density at radius 1 is 0.304 bits per heavy atom. The second-order valence-electron chi connectivity index (χ2n) is 26.8. The Hall–Kier alpha value is -1.94. The minimum Gasteiger partial charge on any atom is -0.462 e. The number of ether oxygens (including phenoxy) is 4. The van der Waals surface area contributed by atoms with Crippen LogP contribution in [-0.2, 0) is 65.4 Å². The van der Waals surface area contributed by atoms with Crippen LogP contribution in [0.4, 0.5) is 0 Å². The fourth-order valence-electron chi connectivity index (χ4n) is 11.1. The van der Waals surface area contributed by atoms with Crippen molar-refractivity contribution in [2.45, 2.75) is 394 Å². The van der Waals surface area contributed by atoms with Gasteiger partial charge >= 0.3 is 39.5 Å². The third-order valence-corrected chi connectivity index (χ3v) is 19.6. The Bertz CT molecular complexity index is 1790. The Kier molecular flexibility index (Phi) is 63.7. The van der Waals surface area contributed by atoms with E-state index in [2.05, 4.69) is 41.5 Å². The van der Waals surface area contributed by atoms with Crippen LogP contribution in [0.1, 0.15) is 375 Å². The maximum absolute atomic E-state index is 13.1. The van der Waals surface area contributed by atoms with Crippen LogP contribution in [0.3, 0.4) is 0 Å². The number of carbonyl (C=O) groups excluding carboxylic acids is 4. The summed E-state index contributed by atoms with van der Waals surface area (Å²) in [5, 5.41) is 10.6. The maximum Gasteiger partial charge on any atom is 0.472 e. The number of hydrogen-bond donors (Lipinski definition) is 3. The van der Waals surface area contributed by atoms with Crippen molar-refractivity contribution in [2.24, 2.45) is 11.8 Å². The Morgan fingerprint density at radius 2 is 0.522 bits per heavy atom. The van der Waals surface area contributed by atoms with Gasteiger partial charge < -0.3 is 33.8 Å². The van der Waals surface area contributed by atoms with Gasteiger partial charge in [0.2, 0.25) is 0 Å². The zero-order valence-electron chi connectivity index (χ0n) is 59.9. The first-order valence-corrected chi connectivity index (χ1v) is 41.1. The van der Waals surface area contributed by atoms with Gasteiger partial charge in [-0.3, -0.25) is 37.3 Å². The topological polar surface area (TPSA) is 237 Å². The van der Waals surface area contributed by atoms with E-state index in [0.29, 0.717) is 25.7 Å². The molecule has 546 valence electrons. The van der Waals surface area contributed by atoms with E-state index in [9.17, 15) is 43.2 Å². The molecule has 0 heterocycles. The molecule has 0 aliphatic rings. The van der Waals surface area contributed by atoms with E-state index >= 15 is 0 Å². The first-order chi connectivity index (χ1) is 44.4. The molecule has 0 amide bonds. The summed E-state index contributed by atoms with van der Waals surface area (Å²) in [7, 11) is -9.91. The van der Waals surface area contributed by atoms with Crippen LogP contribution in [0.25, 0.3) is 0 Å². The van der Waals surface area contributed by atoms with Gasteiger partial charge in [0.25, 0.3) is 0 Å². The van der Waals surface area contributed by atoms with E-state index in [1.165, 1.54) is 186 Å². The second kappa shape index (κ2) is 65.0. The molecule has 0 spiro atoms. The van der Waals surface area contributed by atoms with Crippen molar-refractivity contribution in [2.75, 3.05) is 39.6 Å². The number of hydrogen-bond acceptors (Lipinski definition) is 15. The molecular weight excluding hydrogens is 1210 g/mol. The minimum atomic E-state index is -4.95. The third-order valence-electron chi connectivity index (χ3n) is 17.7. The summed E-state index contributed by atoms with van der Waals surface area (Å²) in [5.74, 6) is -0.672. The number of aliphatic hydroxyl groups is 1. The lowest BCUT2D eigenvalue weighted by molar-refractivity contribution is -0.161. The van der Waals surface area contributed by atoms with Gasteiger partial charge in [0.1, 0.15) is 19.3 Å². The predicted octanol–water partition coefficient (Wildman–Crippen LogP) is 21.2. The molecule has 0 saturated heterocycles. The predicted molar refractivity (Wildman–Crippen MR) is 372 cm³/mol. The van der Waals surface area contributed by atoms with Crippen molar-refractivity contribution >= 4 is 39.5 Å². The highest BCUT2D eigenvalue weighted by Crippen LogP contribution is 2.45. The molecule has 19 heteroatoms. The summed E-state index contributed by atoms with van der Waals surface area (Å²) >= 11 is 0. The van der Waals surface area contributed by atoms with Gasteiger partial charge in [-0.05, 0) is 37.5 Å². The molecule has 0 bridgehead atoms. The number of unbranched alkanes of at least 4 members (excludes halogenated alkanes) is 40. The molecule has 4 unspecified atom stereocenters. The monoisotopic (exact) mass is 1350 g/mol. The molecule has 3 N–H and O–H groups in total. The van der Waals surface area contributed by atoms with E-state index in [4.69, 9.17) is 37.0 Å². The third kappa shape index (κ3) is 64.1. The van der Waals surface area contributed by atoms with Crippen molar-refractivity contribution in [3.8, 4) is 0 Å². The zero-order valence-corrected chi connectivity index (χ0v) is 61.6. The summed E-state index contributed by atoms with van der Waals surface area (Å²) in [6.45, 7) is 9.49. The molecule has 0 radical (unpaired) electrons. The number of rotatable bonds is 72. The van der Waals surface area contributed by atoms with Crippen LogP contribution in [-0.4, -0.2) is 96.7 Å². The molecule has 7 atom stereocenters. The Balaban J connectivity index is 5.24. The van der Waals surface area contributed by atoms with Gasteiger partial charge in [0.05, 0.1) is 26.4 Å². The first-order valence-electron chi connectivity index (χ1n) is 38.1. The number of aliphatic hydroxyl groups excluding tert-OH is 1. The van der Waals surface area contributed by atoms with Gasteiger partial charge in [-0.1, -0.05) is 324 Å². The van der Waals surface area contributed by atoms with Gasteiger partial charge in [-0.15, -0.1) is 0 Å². The molecule has 92 heavy (non-hydrogen) atoms. The molecule has 0 aliphatic carbocycles. The second-order valence-corrected chi connectivity index (χ2v) is 29.7. The molecule has 0 saturated carbocycles. The van der Waals surface area contributed by atoms with Crippen LogP contribution >= 0.6 is 15.6 Å². The maximum atomic E-state index is 13.1. The van der Waals surface area contributed by atoms with Crippen LogP contribution in [0, 0.1) is 11.8 Å². The Morgan fingerprint density at radius 3 is 0.772 bits per heavy atom. The number of carbonyl (C=O) groups is 4. The molecule has 0 aromatic rings. The van der Waals surface area contributed by atoms with Crippen LogP contribution < -0.4 is 0 Å². The number of phosphoric ester groups is 2. The van der Waals surface area contributed by atoms with Gasteiger partial charge in [0, 0.05) is 25.7 Å². The van der Waals surface area contributed by atoms with Crippen molar-refractivity contribution < 1.29 is 80.2 Å². The summed E-state index contributed by atoms with van der Waals surface area (Å²) in [6, 6.07) is 0. The average molecular weight is 1350 g/mol. The molecule has 17 nitrogen and oxygen atoms in total.